The highest BCUT2D eigenvalue weighted by Gasteiger charge is 2.50. The van der Waals surface area contributed by atoms with Crippen molar-refractivity contribution in [2.24, 2.45) is 0 Å². The highest BCUT2D eigenvalue weighted by atomic mass is 32.2. The van der Waals surface area contributed by atoms with Gasteiger partial charge in [0, 0.05) is 5.54 Å². The maximum atomic E-state index is 13.8. The molecule has 2 amide bonds. The van der Waals surface area contributed by atoms with Gasteiger partial charge in [0.1, 0.15) is 6.04 Å². The first-order chi connectivity index (χ1) is 15.5. The number of carbonyl (C=O) groups is 2. The van der Waals surface area contributed by atoms with Crippen molar-refractivity contribution in [2.45, 2.75) is 43.7 Å². The molecule has 33 heavy (non-hydrogen) atoms. The summed E-state index contributed by atoms with van der Waals surface area (Å²) in [5.41, 5.74) is -0.265. The minimum atomic E-state index is -4.12. The Kier molecular flexibility index (Phi) is 5.56. The number of imide groups is 1. The van der Waals surface area contributed by atoms with Crippen LogP contribution in [0.2, 0.25) is 0 Å². The zero-order chi connectivity index (χ0) is 24.0. The smallest absolute Gasteiger partial charge is 0.252 e. The van der Waals surface area contributed by atoms with E-state index in [0.717, 1.165) is 20.0 Å². The molecule has 3 aromatic carbocycles. The fourth-order valence-electron chi connectivity index (χ4n) is 4.19. The van der Waals surface area contributed by atoms with Gasteiger partial charge in [-0.1, -0.05) is 30.3 Å². The Hall–Kier alpha value is -3.54. The molecule has 0 spiro atoms. The summed E-state index contributed by atoms with van der Waals surface area (Å²) < 4.78 is 28.7. The topological polar surface area (TPSA) is 98.5 Å². The molecule has 0 bridgehead atoms. The molecule has 0 saturated carbocycles. The molecule has 8 heteroatoms. The average molecular weight is 462 g/mol. The number of amides is 2. The minimum absolute atomic E-state index is 0.0631. The molecule has 1 unspecified atom stereocenters. The SMILES string of the molecule is CC(C)(C)N(C1CC(=O)N(c2ccc(C#N)cc2)C1=O)S(=O)(=O)c1ccc2ccccc2c1. The van der Waals surface area contributed by atoms with E-state index in [4.69, 9.17) is 5.26 Å². The van der Waals surface area contributed by atoms with Crippen molar-refractivity contribution in [3.05, 3.63) is 72.3 Å². The molecule has 1 aliphatic heterocycles. The number of hydrogen-bond donors (Lipinski definition) is 0. The van der Waals surface area contributed by atoms with E-state index in [-0.39, 0.29) is 11.3 Å². The van der Waals surface area contributed by atoms with Crippen LogP contribution in [-0.4, -0.2) is 36.1 Å². The van der Waals surface area contributed by atoms with Crippen molar-refractivity contribution in [2.75, 3.05) is 4.90 Å². The highest BCUT2D eigenvalue weighted by molar-refractivity contribution is 7.89. The molecule has 1 atom stereocenters. The second kappa shape index (κ2) is 8.10. The van der Waals surface area contributed by atoms with E-state index in [1.54, 1.807) is 32.9 Å². The molecule has 0 aliphatic carbocycles. The lowest BCUT2D eigenvalue weighted by Crippen LogP contribution is -2.54. The van der Waals surface area contributed by atoms with Gasteiger partial charge in [-0.05, 0) is 67.9 Å². The van der Waals surface area contributed by atoms with Crippen LogP contribution in [0.1, 0.15) is 32.8 Å². The van der Waals surface area contributed by atoms with Crippen LogP contribution in [0.3, 0.4) is 0 Å². The van der Waals surface area contributed by atoms with Crippen LogP contribution in [-0.2, 0) is 19.6 Å². The lowest BCUT2D eigenvalue weighted by Gasteiger charge is -2.37. The molecule has 1 aliphatic rings. The molecular weight excluding hydrogens is 438 g/mol. The number of nitriles is 1. The number of hydrogen-bond acceptors (Lipinski definition) is 5. The van der Waals surface area contributed by atoms with Gasteiger partial charge < -0.3 is 0 Å². The standard InChI is InChI=1S/C25H23N3O4S/c1-25(2,3)28(33(31,32)21-13-10-18-6-4-5-7-19(18)14-21)22-15-23(29)27(24(22)30)20-11-8-17(16-26)9-12-20/h4-14,22H,15H2,1-3H3. The number of carbonyl (C=O) groups excluding carboxylic acids is 2. The van der Waals surface area contributed by atoms with Crippen molar-refractivity contribution < 1.29 is 18.0 Å². The second-order valence-corrected chi connectivity index (χ2v) is 10.7. The first kappa shape index (κ1) is 22.6. The summed E-state index contributed by atoms with van der Waals surface area (Å²) in [6, 6.07) is 19.1. The Morgan fingerprint density at radius 2 is 1.61 bits per heavy atom. The summed E-state index contributed by atoms with van der Waals surface area (Å²) in [6.45, 7) is 5.11. The number of nitrogens with zero attached hydrogens (tertiary/aromatic N) is 3. The van der Waals surface area contributed by atoms with Crippen LogP contribution in [0.15, 0.2) is 71.6 Å². The van der Waals surface area contributed by atoms with Crippen molar-refractivity contribution in [3.8, 4) is 6.07 Å². The molecular formula is C25H23N3O4S. The first-order valence-electron chi connectivity index (χ1n) is 10.4. The summed E-state index contributed by atoms with van der Waals surface area (Å²) in [5.74, 6) is -1.10. The Morgan fingerprint density at radius 3 is 2.21 bits per heavy atom. The Morgan fingerprint density at radius 1 is 0.970 bits per heavy atom. The monoisotopic (exact) mass is 461 g/mol. The zero-order valence-electron chi connectivity index (χ0n) is 18.5. The van der Waals surface area contributed by atoms with Gasteiger partial charge in [-0.3, -0.25) is 9.59 Å². The first-order valence-corrected chi connectivity index (χ1v) is 11.9. The van der Waals surface area contributed by atoms with Gasteiger partial charge in [-0.25, -0.2) is 13.3 Å². The van der Waals surface area contributed by atoms with Crippen LogP contribution in [0, 0.1) is 11.3 Å². The number of fused-ring (bicyclic) bond motifs is 1. The van der Waals surface area contributed by atoms with E-state index in [0.29, 0.717) is 11.3 Å². The molecule has 1 fully saturated rings. The van der Waals surface area contributed by atoms with Crippen LogP contribution in [0.25, 0.3) is 10.8 Å². The molecule has 4 rings (SSSR count). The predicted molar refractivity (Wildman–Crippen MR) is 125 cm³/mol. The highest BCUT2D eigenvalue weighted by Crippen LogP contribution is 2.35. The molecule has 0 N–H and O–H groups in total. The van der Waals surface area contributed by atoms with Crippen molar-refractivity contribution in [1.29, 1.82) is 5.26 Å². The van der Waals surface area contributed by atoms with E-state index in [1.807, 2.05) is 30.3 Å². The fourth-order valence-corrected chi connectivity index (χ4v) is 6.16. The zero-order valence-corrected chi connectivity index (χ0v) is 19.3. The molecule has 0 aromatic heterocycles. The molecule has 0 radical (unpaired) electrons. The Labute approximate surface area is 192 Å². The summed E-state index contributed by atoms with van der Waals surface area (Å²) in [6.07, 6.45) is -0.261. The van der Waals surface area contributed by atoms with E-state index >= 15 is 0 Å². The molecule has 1 heterocycles. The van der Waals surface area contributed by atoms with Gasteiger partial charge in [-0.2, -0.15) is 9.57 Å². The Balaban J connectivity index is 1.76. The van der Waals surface area contributed by atoms with E-state index in [1.165, 1.54) is 30.3 Å². The largest absolute Gasteiger partial charge is 0.274 e. The second-order valence-electron chi connectivity index (χ2n) is 8.93. The predicted octanol–water partition coefficient (Wildman–Crippen LogP) is 3.83. The van der Waals surface area contributed by atoms with Crippen LogP contribution < -0.4 is 4.90 Å². The van der Waals surface area contributed by atoms with E-state index in [2.05, 4.69) is 0 Å². The summed E-state index contributed by atoms with van der Waals surface area (Å²) in [4.78, 5) is 27.3. The maximum absolute atomic E-state index is 13.8. The molecule has 1 saturated heterocycles. The fraction of sp³-hybridized carbons (Fsp3) is 0.240. The summed E-state index contributed by atoms with van der Waals surface area (Å²) in [7, 11) is -4.12. The van der Waals surface area contributed by atoms with E-state index in [9.17, 15) is 18.0 Å². The van der Waals surface area contributed by atoms with Crippen LogP contribution >= 0.6 is 0 Å². The van der Waals surface area contributed by atoms with Gasteiger partial charge in [0.25, 0.3) is 5.91 Å². The number of sulfonamides is 1. The molecule has 168 valence electrons. The number of benzene rings is 3. The summed E-state index contributed by atoms with van der Waals surface area (Å²) in [5, 5.41) is 10.7. The quantitative estimate of drug-likeness (QED) is 0.550. The van der Waals surface area contributed by atoms with Gasteiger partial charge >= 0.3 is 0 Å². The van der Waals surface area contributed by atoms with Crippen molar-refractivity contribution in [3.63, 3.8) is 0 Å². The number of anilines is 1. The van der Waals surface area contributed by atoms with Crippen molar-refractivity contribution >= 4 is 38.3 Å². The van der Waals surface area contributed by atoms with Gasteiger partial charge in [0.05, 0.1) is 28.6 Å². The third kappa shape index (κ3) is 4.01. The summed E-state index contributed by atoms with van der Waals surface area (Å²) >= 11 is 0. The van der Waals surface area contributed by atoms with Gasteiger partial charge in [0.15, 0.2) is 0 Å². The normalized spacial score (nSPS) is 17.1. The number of rotatable bonds is 4. The minimum Gasteiger partial charge on any atom is -0.274 e. The molecule has 3 aromatic rings. The average Bonchev–Trinajstić information content (AvgIpc) is 3.05. The van der Waals surface area contributed by atoms with Crippen LogP contribution in [0.5, 0.6) is 0 Å². The third-order valence-electron chi connectivity index (χ3n) is 5.60. The Bertz CT molecular complexity index is 1400. The van der Waals surface area contributed by atoms with Gasteiger partial charge in [0.2, 0.25) is 15.9 Å². The lowest BCUT2D eigenvalue weighted by molar-refractivity contribution is -0.122. The third-order valence-corrected chi connectivity index (χ3v) is 7.77. The molecule has 7 nitrogen and oxygen atoms in total. The van der Waals surface area contributed by atoms with Crippen LogP contribution in [0.4, 0.5) is 5.69 Å². The van der Waals surface area contributed by atoms with Crippen molar-refractivity contribution in [1.82, 2.24) is 4.31 Å². The lowest BCUT2D eigenvalue weighted by atomic mass is 10.1. The maximum Gasteiger partial charge on any atom is 0.252 e. The van der Waals surface area contributed by atoms with Gasteiger partial charge in [-0.15, -0.1) is 0 Å². The van der Waals surface area contributed by atoms with E-state index < -0.39 is 33.4 Å².